The van der Waals surface area contributed by atoms with Crippen molar-refractivity contribution in [3.05, 3.63) is 0 Å². The molecule has 0 bridgehead atoms. The second kappa shape index (κ2) is 7.43. The third-order valence-electron chi connectivity index (χ3n) is 4.28. The topological polar surface area (TPSA) is 57.2 Å². The number of hydrogen-bond acceptors (Lipinski definition) is 6. The van der Waals surface area contributed by atoms with E-state index in [-0.39, 0.29) is 0 Å². The van der Waals surface area contributed by atoms with Gasteiger partial charge in [-0.05, 0) is 32.1 Å². The average Bonchev–Trinajstić information content (AvgIpc) is 2.56. The van der Waals surface area contributed by atoms with E-state index in [1.807, 2.05) is 7.05 Å². The molecular weight excluding hydrogens is 264 g/mol. The number of nitrogens with one attached hydrogen (secondary N) is 1. The number of aromatic nitrogens is 3. The van der Waals surface area contributed by atoms with Gasteiger partial charge in [0.25, 0.3) is 0 Å². The number of rotatable bonds is 6. The molecule has 0 atom stereocenters. The maximum absolute atomic E-state index is 4.71. The van der Waals surface area contributed by atoms with Crippen molar-refractivity contribution in [1.82, 2.24) is 15.0 Å². The van der Waals surface area contributed by atoms with Crippen molar-refractivity contribution >= 4 is 17.8 Å². The molecule has 118 valence electrons. The summed E-state index contributed by atoms with van der Waals surface area (Å²) >= 11 is 0. The summed E-state index contributed by atoms with van der Waals surface area (Å²) in [4.78, 5) is 18.2. The summed E-state index contributed by atoms with van der Waals surface area (Å²) in [5.74, 6) is 2.23. The van der Waals surface area contributed by atoms with Gasteiger partial charge >= 0.3 is 0 Å². The molecule has 0 radical (unpaired) electrons. The molecule has 1 fully saturated rings. The SMILES string of the molecule is CCC(CC)N(C)c1nc(NC)nc(N2CCCCC2)n1. The van der Waals surface area contributed by atoms with Crippen LogP contribution in [0.4, 0.5) is 17.8 Å². The third-order valence-corrected chi connectivity index (χ3v) is 4.28. The zero-order chi connectivity index (χ0) is 15.2. The van der Waals surface area contributed by atoms with E-state index in [0.717, 1.165) is 37.8 Å². The lowest BCUT2D eigenvalue weighted by atomic mass is 10.1. The Bertz CT molecular complexity index is 440. The molecule has 6 nitrogen and oxygen atoms in total. The van der Waals surface area contributed by atoms with Crippen LogP contribution < -0.4 is 15.1 Å². The van der Waals surface area contributed by atoms with Crippen LogP contribution in [0.25, 0.3) is 0 Å². The van der Waals surface area contributed by atoms with Crippen LogP contribution in [0.2, 0.25) is 0 Å². The summed E-state index contributed by atoms with van der Waals surface area (Å²) in [6, 6.07) is 0.464. The summed E-state index contributed by atoms with van der Waals surface area (Å²) in [5.41, 5.74) is 0. The van der Waals surface area contributed by atoms with Crippen molar-refractivity contribution in [2.45, 2.75) is 52.0 Å². The van der Waals surface area contributed by atoms with E-state index < -0.39 is 0 Å². The van der Waals surface area contributed by atoms with E-state index in [4.69, 9.17) is 4.98 Å². The van der Waals surface area contributed by atoms with Crippen LogP contribution in [-0.2, 0) is 0 Å². The van der Waals surface area contributed by atoms with Crippen LogP contribution >= 0.6 is 0 Å². The van der Waals surface area contributed by atoms with E-state index in [1.165, 1.54) is 19.3 Å². The summed E-state index contributed by atoms with van der Waals surface area (Å²) in [6.45, 7) is 6.50. The molecule has 2 heterocycles. The van der Waals surface area contributed by atoms with Gasteiger partial charge in [-0.15, -0.1) is 0 Å². The fraction of sp³-hybridized carbons (Fsp3) is 0.800. The second-order valence-corrected chi connectivity index (χ2v) is 5.64. The van der Waals surface area contributed by atoms with Crippen molar-refractivity contribution in [2.75, 3.05) is 42.3 Å². The molecule has 1 aromatic rings. The van der Waals surface area contributed by atoms with E-state index >= 15 is 0 Å². The second-order valence-electron chi connectivity index (χ2n) is 5.64. The molecule has 0 aliphatic carbocycles. The molecule has 1 aliphatic heterocycles. The van der Waals surface area contributed by atoms with Crippen LogP contribution in [0.1, 0.15) is 46.0 Å². The molecule has 6 heteroatoms. The predicted molar refractivity (Wildman–Crippen MR) is 88.2 cm³/mol. The lowest BCUT2D eigenvalue weighted by Gasteiger charge is -2.30. The molecule has 1 aliphatic rings. The van der Waals surface area contributed by atoms with Gasteiger partial charge < -0.3 is 15.1 Å². The highest BCUT2D eigenvalue weighted by atomic mass is 15.4. The monoisotopic (exact) mass is 292 g/mol. The Labute approximate surface area is 128 Å². The van der Waals surface area contributed by atoms with Gasteiger partial charge in [-0.2, -0.15) is 15.0 Å². The van der Waals surface area contributed by atoms with Crippen molar-refractivity contribution < 1.29 is 0 Å². The lowest BCUT2D eigenvalue weighted by Crippen LogP contribution is -2.35. The first-order valence-corrected chi connectivity index (χ1v) is 8.11. The average molecular weight is 292 g/mol. The molecule has 21 heavy (non-hydrogen) atoms. The Morgan fingerprint density at radius 1 is 1.10 bits per heavy atom. The minimum absolute atomic E-state index is 0.464. The summed E-state index contributed by atoms with van der Waals surface area (Å²) in [7, 11) is 3.93. The molecule has 2 rings (SSSR count). The third kappa shape index (κ3) is 3.74. The van der Waals surface area contributed by atoms with Crippen molar-refractivity contribution in [3.63, 3.8) is 0 Å². The van der Waals surface area contributed by atoms with Gasteiger partial charge in [0, 0.05) is 33.2 Å². The van der Waals surface area contributed by atoms with Gasteiger partial charge in [0.15, 0.2) is 0 Å². The van der Waals surface area contributed by atoms with E-state index in [9.17, 15) is 0 Å². The normalized spacial score (nSPS) is 15.4. The molecule has 0 spiro atoms. The van der Waals surface area contributed by atoms with Gasteiger partial charge in [-0.25, -0.2) is 0 Å². The first-order valence-electron chi connectivity index (χ1n) is 8.11. The van der Waals surface area contributed by atoms with E-state index in [0.29, 0.717) is 12.0 Å². The minimum Gasteiger partial charge on any atom is -0.357 e. The Balaban J connectivity index is 2.28. The number of nitrogens with zero attached hydrogens (tertiary/aromatic N) is 5. The molecule has 0 saturated carbocycles. The van der Waals surface area contributed by atoms with Crippen LogP contribution in [0.3, 0.4) is 0 Å². The largest absolute Gasteiger partial charge is 0.357 e. The summed E-state index contributed by atoms with van der Waals surface area (Å²) < 4.78 is 0. The van der Waals surface area contributed by atoms with Crippen LogP contribution in [0.5, 0.6) is 0 Å². The van der Waals surface area contributed by atoms with Gasteiger partial charge in [-0.3, -0.25) is 0 Å². The minimum atomic E-state index is 0.464. The standard InChI is InChI=1S/C15H28N6/c1-5-12(6-2)20(4)14-17-13(16-3)18-15(19-14)21-10-8-7-9-11-21/h12H,5-11H2,1-4H3,(H,16,17,18,19). The molecule has 0 unspecified atom stereocenters. The smallest absolute Gasteiger partial charge is 0.231 e. The van der Waals surface area contributed by atoms with Crippen molar-refractivity contribution in [3.8, 4) is 0 Å². The number of hydrogen-bond donors (Lipinski definition) is 1. The van der Waals surface area contributed by atoms with Crippen LogP contribution in [0.15, 0.2) is 0 Å². The van der Waals surface area contributed by atoms with E-state index in [2.05, 4.69) is 46.0 Å². The van der Waals surface area contributed by atoms with Gasteiger partial charge in [0.1, 0.15) is 0 Å². The van der Waals surface area contributed by atoms with Crippen LogP contribution in [0, 0.1) is 0 Å². The quantitative estimate of drug-likeness (QED) is 0.869. The maximum Gasteiger partial charge on any atom is 0.231 e. The highest BCUT2D eigenvalue weighted by Gasteiger charge is 2.19. The fourth-order valence-electron chi connectivity index (χ4n) is 2.86. The van der Waals surface area contributed by atoms with Gasteiger partial charge in [0.05, 0.1) is 0 Å². The Hall–Kier alpha value is -1.59. The number of anilines is 3. The zero-order valence-electron chi connectivity index (χ0n) is 13.8. The zero-order valence-corrected chi connectivity index (χ0v) is 13.8. The van der Waals surface area contributed by atoms with Gasteiger partial charge in [-0.1, -0.05) is 13.8 Å². The molecule has 1 saturated heterocycles. The Kier molecular flexibility index (Phi) is 5.59. The highest BCUT2D eigenvalue weighted by molar-refractivity contribution is 5.45. The first kappa shape index (κ1) is 15.8. The summed E-state index contributed by atoms with van der Waals surface area (Å²) in [5, 5.41) is 3.06. The fourth-order valence-corrected chi connectivity index (χ4v) is 2.86. The maximum atomic E-state index is 4.71. The number of piperidine rings is 1. The Morgan fingerprint density at radius 2 is 1.76 bits per heavy atom. The summed E-state index contributed by atoms with van der Waals surface area (Å²) in [6.07, 6.45) is 5.93. The van der Waals surface area contributed by atoms with E-state index in [1.54, 1.807) is 0 Å². The lowest BCUT2D eigenvalue weighted by molar-refractivity contribution is 0.561. The molecule has 0 aromatic carbocycles. The van der Waals surface area contributed by atoms with Crippen molar-refractivity contribution in [1.29, 1.82) is 0 Å². The predicted octanol–water partition coefficient (Wildman–Crippen LogP) is 2.53. The van der Waals surface area contributed by atoms with Crippen molar-refractivity contribution in [2.24, 2.45) is 0 Å². The Morgan fingerprint density at radius 3 is 2.33 bits per heavy atom. The van der Waals surface area contributed by atoms with Crippen LogP contribution in [-0.4, -0.2) is 48.2 Å². The van der Waals surface area contributed by atoms with Gasteiger partial charge in [0.2, 0.25) is 17.8 Å². The molecular formula is C15H28N6. The molecule has 0 amide bonds. The molecule has 1 aromatic heterocycles. The molecule has 1 N–H and O–H groups in total. The highest BCUT2D eigenvalue weighted by Crippen LogP contribution is 2.21. The first-order chi connectivity index (χ1) is 10.2.